The molecule has 0 radical (unpaired) electrons. The van der Waals surface area contributed by atoms with Crippen molar-refractivity contribution in [3.8, 4) is 16.3 Å². The molecule has 0 saturated carbocycles. The molecule has 9 heteroatoms. The van der Waals surface area contributed by atoms with Gasteiger partial charge in [-0.15, -0.1) is 29.3 Å². The van der Waals surface area contributed by atoms with Gasteiger partial charge in [0.25, 0.3) is 0 Å². The van der Waals surface area contributed by atoms with E-state index in [0.717, 1.165) is 20.8 Å². The molecule has 1 N–H and O–H groups in total. The number of thiazole rings is 2. The molecule has 0 atom stereocenters. The van der Waals surface area contributed by atoms with E-state index in [2.05, 4.69) is 37.8 Å². The molecular formula is C18H16BrN3O3S2. The summed E-state index contributed by atoms with van der Waals surface area (Å²) in [5.41, 5.74) is 1.83. The summed E-state index contributed by atoms with van der Waals surface area (Å²) < 4.78 is 11.6. The Kier molecular flexibility index (Phi) is 6.59. The zero-order valence-corrected chi connectivity index (χ0v) is 17.6. The summed E-state index contributed by atoms with van der Waals surface area (Å²) >= 11 is 6.27. The van der Waals surface area contributed by atoms with Gasteiger partial charge in [0.05, 0.1) is 18.4 Å². The number of hydrogen-bond donors (Lipinski definition) is 1. The number of ether oxygens (including phenoxy) is 2. The first-order valence-corrected chi connectivity index (χ1v) is 10.4. The van der Waals surface area contributed by atoms with Crippen molar-refractivity contribution < 1.29 is 14.3 Å². The number of carbonyl (C=O) groups excluding carboxylic acids is 1. The third-order valence-electron chi connectivity index (χ3n) is 3.41. The number of nitrogens with zero attached hydrogens (tertiary/aromatic N) is 2. The van der Waals surface area contributed by atoms with E-state index in [9.17, 15) is 4.79 Å². The molecule has 0 aliphatic rings. The van der Waals surface area contributed by atoms with E-state index < -0.39 is 5.97 Å². The van der Waals surface area contributed by atoms with Crippen molar-refractivity contribution in [1.82, 2.24) is 9.97 Å². The van der Waals surface area contributed by atoms with E-state index >= 15 is 0 Å². The lowest BCUT2D eigenvalue weighted by atomic mass is 10.2. The van der Waals surface area contributed by atoms with E-state index in [1.54, 1.807) is 18.6 Å². The van der Waals surface area contributed by atoms with Crippen LogP contribution in [0.3, 0.4) is 0 Å². The summed E-state index contributed by atoms with van der Waals surface area (Å²) in [6, 6.07) is 5.73. The maximum Gasteiger partial charge on any atom is 0.358 e. The number of nitrogens with one attached hydrogen (secondary N) is 1. The first-order valence-electron chi connectivity index (χ1n) is 7.86. The first-order chi connectivity index (χ1) is 13.1. The number of hydrogen-bond acceptors (Lipinski definition) is 8. The monoisotopic (exact) mass is 465 g/mol. The van der Waals surface area contributed by atoms with Crippen molar-refractivity contribution in [2.24, 2.45) is 0 Å². The predicted octanol–water partition coefficient (Wildman–Crippen LogP) is 4.99. The van der Waals surface area contributed by atoms with Gasteiger partial charge in [-0.1, -0.05) is 22.0 Å². The third-order valence-corrected chi connectivity index (χ3v) is 5.62. The average Bonchev–Trinajstić information content (AvgIpc) is 3.34. The molecule has 140 valence electrons. The molecule has 0 amide bonds. The second kappa shape index (κ2) is 9.12. The fourth-order valence-electron chi connectivity index (χ4n) is 2.17. The van der Waals surface area contributed by atoms with Gasteiger partial charge in [-0.25, -0.2) is 14.8 Å². The summed E-state index contributed by atoms with van der Waals surface area (Å²) in [6.45, 7) is 4.29. The summed E-state index contributed by atoms with van der Waals surface area (Å²) in [4.78, 5) is 20.9. The highest BCUT2D eigenvalue weighted by molar-refractivity contribution is 9.10. The molecule has 0 bridgehead atoms. The Morgan fingerprint density at radius 3 is 2.96 bits per heavy atom. The van der Waals surface area contributed by atoms with Gasteiger partial charge in [0.1, 0.15) is 17.4 Å². The van der Waals surface area contributed by atoms with Gasteiger partial charge in [0, 0.05) is 21.8 Å². The highest BCUT2D eigenvalue weighted by atomic mass is 79.9. The van der Waals surface area contributed by atoms with Crippen LogP contribution >= 0.6 is 38.6 Å². The molecule has 0 spiro atoms. The van der Waals surface area contributed by atoms with Crippen LogP contribution in [0.5, 0.6) is 5.75 Å². The Hall–Kier alpha value is -2.23. The Bertz CT molecular complexity index is 955. The van der Waals surface area contributed by atoms with Gasteiger partial charge in [0.15, 0.2) is 10.8 Å². The van der Waals surface area contributed by atoms with Gasteiger partial charge >= 0.3 is 5.97 Å². The van der Waals surface area contributed by atoms with Gasteiger partial charge < -0.3 is 14.8 Å². The Labute approximate surface area is 173 Å². The molecule has 1 aromatic carbocycles. The van der Waals surface area contributed by atoms with Crippen molar-refractivity contribution in [2.45, 2.75) is 6.61 Å². The largest absolute Gasteiger partial charge is 0.496 e. The smallest absolute Gasteiger partial charge is 0.358 e. The minimum atomic E-state index is -0.479. The Balaban J connectivity index is 1.64. The molecule has 27 heavy (non-hydrogen) atoms. The topological polar surface area (TPSA) is 73.3 Å². The number of rotatable bonds is 8. The second-order valence-electron chi connectivity index (χ2n) is 5.27. The van der Waals surface area contributed by atoms with Crippen molar-refractivity contribution in [3.05, 3.63) is 57.5 Å². The van der Waals surface area contributed by atoms with Gasteiger partial charge in [0.2, 0.25) is 0 Å². The number of carbonyl (C=O) groups is 1. The fraction of sp³-hybridized carbons (Fsp3) is 0.167. The molecule has 2 aromatic heterocycles. The summed E-state index contributed by atoms with van der Waals surface area (Å²) in [5, 5.41) is 8.00. The summed E-state index contributed by atoms with van der Waals surface area (Å²) in [5.74, 6) is 0.255. The molecule has 0 unspecified atom stereocenters. The van der Waals surface area contributed by atoms with Crippen LogP contribution in [0, 0.1) is 0 Å². The molecule has 0 aliphatic carbocycles. The second-order valence-corrected chi connectivity index (χ2v) is 7.90. The minimum Gasteiger partial charge on any atom is -0.496 e. The van der Waals surface area contributed by atoms with Crippen molar-refractivity contribution in [1.29, 1.82) is 0 Å². The van der Waals surface area contributed by atoms with Crippen molar-refractivity contribution >= 4 is 49.7 Å². The van der Waals surface area contributed by atoms with E-state index in [1.165, 1.54) is 22.7 Å². The van der Waals surface area contributed by atoms with Crippen LogP contribution in [0.1, 0.15) is 16.2 Å². The van der Waals surface area contributed by atoms with Gasteiger partial charge in [-0.2, -0.15) is 0 Å². The van der Waals surface area contributed by atoms with Crippen LogP contribution < -0.4 is 10.1 Å². The molecule has 6 nitrogen and oxygen atoms in total. The average molecular weight is 466 g/mol. The van der Waals surface area contributed by atoms with Crippen molar-refractivity contribution in [2.75, 3.05) is 19.0 Å². The zero-order chi connectivity index (χ0) is 19.2. The zero-order valence-electron chi connectivity index (χ0n) is 14.4. The standard InChI is InChI=1S/C18H16BrN3O3S2/c1-3-6-20-18-22-14(10-27-18)17(23)25-8-12-9-26-16(21-12)13-7-11(19)4-5-15(13)24-2/h3-5,7,9-10H,1,6,8H2,2H3,(H,20,22). The van der Waals surface area contributed by atoms with Crippen LogP contribution in [-0.2, 0) is 11.3 Å². The van der Waals surface area contributed by atoms with E-state index in [-0.39, 0.29) is 12.3 Å². The fourth-order valence-corrected chi connectivity index (χ4v) is 4.04. The molecule has 3 rings (SSSR count). The molecule has 2 heterocycles. The lowest BCUT2D eigenvalue weighted by Gasteiger charge is -2.06. The van der Waals surface area contributed by atoms with Gasteiger partial charge in [-0.3, -0.25) is 0 Å². The third kappa shape index (κ3) is 4.94. The SMILES string of the molecule is C=CCNc1nc(C(=O)OCc2csc(-c3cc(Br)ccc3OC)n2)cs1. The maximum atomic E-state index is 12.2. The number of esters is 1. The van der Waals surface area contributed by atoms with Crippen LogP contribution in [-0.4, -0.2) is 29.6 Å². The van der Waals surface area contributed by atoms with Gasteiger partial charge in [-0.05, 0) is 18.2 Å². The highest BCUT2D eigenvalue weighted by Crippen LogP contribution is 2.34. The molecule has 0 saturated heterocycles. The number of halogens is 1. The van der Waals surface area contributed by atoms with E-state index in [1.807, 2.05) is 23.6 Å². The summed E-state index contributed by atoms with van der Waals surface area (Å²) in [7, 11) is 1.62. The number of aromatic nitrogens is 2. The predicted molar refractivity (Wildman–Crippen MR) is 112 cm³/mol. The van der Waals surface area contributed by atoms with Crippen LogP contribution in [0.2, 0.25) is 0 Å². The first kappa shape index (κ1) is 19.5. The Morgan fingerprint density at radius 2 is 2.19 bits per heavy atom. The quantitative estimate of drug-likeness (QED) is 0.373. The normalized spacial score (nSPS) is 10.4. The lowest BCUT2D eigenvalue weighted by molar-refractivity contribution is 0.0462. The highest BCUT2D eigenvalue weighted by Gasteiger charge is 2.15. The van der Waals surface area contributed by atoms with E-state index in [4.69, 9.17) is 9.47 Å². The number of anilines is 1. The number of methoxy groups -OCH3 is 1. The van der Waals surface area contributed by atoms with Crippen LogP contribution in [0.15, 0.2) is 46.1 Å². The molecular weight excluding hydrogens is 450 g/mol. The Morgan fingerprint density at radius 1 is 1.33 bits per heavy atom. The maximum absolute atomic E-state index is 12.2. The van der Waals surface area contributed by atoms with Crippen LogP contribution in [0.4, 0.5) is 5.13 Å². The van der Waals surface area contributed by atoms with Crippen molar-refractivity contribution in [3.63, 3.8) is 0 Å². The molecule has 0 fully saturated rings. The molecule has 3 aromatic rings. The van der Waals surface area contributed by atoms with E-state index in [0.29, 0.717) is 17.4 Å². The summed E-state index contributed by atoms with van der Waals surface area (Å²) in [6.07, 6.45) is 1.72. The number of benzene rings is 1. The lowest BCUT2D eigenvalue weighted by Crippen LogP contribution is -2.06. The molecule has 0 aliphatic heterocycles. The minimum absolute atomic E-state index is 0.0819. The van der Waals surface area contributed by atoms with Crippen LogP contribution in [0.25, 0.3) is 10.6 Å².